The molecule has 3 nitrogen and oxygen atoms in total. The number of rotatable bonds is 6. The zero-order valence-corrected chi connectivity index (χ0v) is 13.6. The summed E-state index contributed by atoms with van der Waals surface area (Å²) in [5.74, 6) is 9.15. The van der Waals surface area contributed by atoms with Crippen LogP contribution in [0.25, 0.3) is 0 Å². The van der Waals surface area contributed by atoms with Gasteiger partial charge in [-0.1, -0.05) is 32.4 Å². The van der Waals surface area contributed by atoms with Gasteiger partial charge in [-0.2, -0.15) is 0 Å². The van der Waals surface area contributed by atoms with E-state index >= 15 is 0 Å². The van der Waals surface area contributed by atoms with Crippen molar-refractivity contribution in [2.45, 2.75) is 52.0 Å². The normalized spacial score (nSPS) is 27.3. The highest BCUT2D eigenvalue weighted by Crippen LogP contribution is 2.35. The van der Waals surface area contributed by atoms with Crippen LogP contribution in [0.2, 0.25) is 0 Å². The highest BCUT2D eigenvalue weighted by Gasteiger charge is 2.29. The SMILES string of the molecule is COc1ccc(CCC(NN)C2CCC(C)C(C)C2)cc1. The van der Waals surface area contributed by atoms with Gasteiger partial charge in [0.2, 0.25) is 0 Å². The van der Waals surface area contributed by atoms with E-state index in [1.807, 2.05) is 12.1 Å². The molecule has 0 aliphatic heterocycles. The summed E-state index contributed by atoms with van der Waals surface area (Å²) < 4.78 is 5.20. The quantitative estimate of drug-likeness (QED) is 0.622. The van der Waals surface area contributed by atoms with Gasteiger partial charge in [0, 0.05) is 6.04 Å². The monoisotopic (exact) mass is 290 g/mol. The molecule has 0 amide bonds. The molecular weight excluding hydrogens is 260 g/mol. The lowest BCUT2D eigenvalue weighted by molar-refractivity contribution is 0.166. The Hall–Kier alpha value is -1.06. The molecule has 1 aromatic rings. The summed E-state index contributed by atoms with van der Waals surface area (Å²) in [5, 5.41) is 0. The second kappa shape index (κ2) is 7.81. The van der Waals surface area contributed by atoms with Gasteiger partial charge in [0.25, 0.3) is 0 Å². The standard InChI is InChI=1S/C18H30N2O/c1-13-4-8-16(12-14(13)2)18(20-19)11-7-15-5-9-17(21-3)10-6-15/h5-6,9-10,13-14,16,18,20H,4,7-8,11-12,19H2,1-3H3. The summed E-state index contributed by atoms with van der Waals surface area (Å²) in [6, 6.07) is 8.80. The molecule has 0 spiro atoms. The van der Waals surface area contributed by atoms with E-state index in [9.17, 15) is 0 Å². The van der Waals surface area contributed by atoms with Crippen LogP contribution >= 0.6 is 0 Å². The van der Waals surface area contributed by atoms with Crippen molar-refractivity contribution in [3.63, 3.8) is 0 Å². The third kappa shape index (κ3) is 4.45. The van der Waals surface area contributed by atoms with Crippen molar-refractivity contribution in [1.29, 1.82) is 0 Å². The van der Waals surface area contributed by atoms with Gasteiger partial charge in [0.1, 0.15) is 5.75 Å². The maximum absolute atomic E-state index is 5.82. The van der Waals surface area contributed by atoms with E-state index in [0.29, 0.717) is 6.04 Å². The van der Waals surface area contributed by atoms with Crippen molar-refractivity contribution in [3.05, 3.63) is 29.8 Å². The van der Waals surface area contributed by atoms with Crippen LogP contribution < -0.4 is 16.0 Å². The van der Waals surface area contributed by atoms with Crippen molar-refractivity contribution < 1.29 is 4.74 Å². The molecule has 1 aromatic carbocycles. The molecule has 1 aliphatic carbocycles. The molecule has 0 bridgehead atoms. The molecular formula is C18H30N2O. The van der Waals surface area contributed by atoms with Gasteiger partial charge >= 0.3 is 0 Å². The van der Waals surface area contributed by atoms with Crippen LogP contribution in [0, 0.1) is 17.8 Å². The Bertz CT molecular complexity index is 418. The predicted molar refractivity (Wildman–Crippen MR) is 88.1 cm³/mol. The van der Waals surface area contributed by atoms with Gasteiger partial charge in [-0.05, 0) is 61.1 Å². The van der Waals surface area contributed by atoms with E-state index < -0.39 is 0 Å². The van der Waals surface area contributed by atoms with E-state index in [2.05, 4.69) is 31.4 Å². The van der Waals surface area contributed by atoms with E-state index in [1.165, 1.54) is 24.8 Å². The summed E-state index contributed by atoms with van der Waals surface area (Å²) in [5.41, 5.74) is 4.43. The van der Waals surface area contributed by atoms with Crippen LogP contribution in [-0.2, 0) is 6.42 Å². The number of benzene rings is 1. The number of hydrazine groups is 1. The first-order valence-corrected chi connectivity index (χ1v) is 8.23. The fourth-order valence-electron chi connectivity index (χ4n) is 3.52. The zero-order valence-electron chi connectivity index (χ0n) is 13.6. The minimum atomic E-state index is 0.432. The summed E-state index contributed by atoms with van der Waals surface area (Å²) in [6.07, 6.45) is 6.13. The van der Waals surface area contributed by atoms with Gasteiger partial charge in [-0.25, -0.2) is 0 Å². The first-order valence-electron chi connectivity index (χ1n) is 8.23. The summed E-state index contributed by atoms with van der Waals surface area (Å²) in [4.78, 5) is 0. The molecule has 4 unspecified atom stereocenters. The maximum Gasteiger partial charge on any atom is 0.118 e. The van der Waals surface area contributed by atoms with Gasteiger partial charge < -0.3 is 4.74 Å². The Balaban J connectivity index is 1.87. The molecule has 0 aromatic heterocycles. The lowest BCUT2D eigenvalue weighted by atomic mass is 9.72. The Kier molecular flexibility index (Phi) is 6.07. The summed E-state index contributed by atoms with van der Waals surface area (Å²) in [7, 11) is 1.70. The fraction of sp³-hybridized carbons (Fsp3) is 0.667. The first-order chi connectivity index (χ1) is 10.1. The lowest BCUT2D eigenvalue weighted by Crippen LogP contribution is -2.43. The Labute approximate surface area is 129 Å². The zero-order chi connectivity index (χ0) is 15.2. The lowest BCUT2D eigenvalue weighted by Gasteiger charge is -2.36. The van der Waals surface area contributed by atoms with Gasteiger partial charge in [0.15, 0.2) is 0 Å². The number of hydrogen-bond donors (Lipinski definition) is 2. The predicted octanol–water partition coefficient (Wildman–Crippen LogP) is 3.53. The van der Waals surface area contributed by atoms with E-state index in [-0.39, 0.29) is 0 Å². The third-order valence-corrected chi connectivity index (χ3v) is 5.32. The third-order valence-electron chi connectivity index (χ3n) is 5.32. The number of ether oxygens (including phenoxy) is 1. The maximum atomic E-state index is 5.82. The highest BCUT2D eigenvalue weighted by atomic mass is 16.5. The van der Waals surface area contributed by atoms with Gasteiger partial charge in [-0.3, -0.25) is 11.3 Å². The minimum Gasteiger partial charge on any atom is -0.497 e. The topological polar surface area (TPSA) is 47.3 Å². The number of aryl methyl sites for hydroxylation is 1. The Morgan fingerprint density at radius 2 is 1.90 bits per heavy atom. The Morgan fingerprint density at radius 1 is 1.19 bits per heavy atom. The summed E-state index contributed by atoms with van der Waals surface area (Å²) >= 11 is 0. The second-order valence-corrected chi connectivity index (χ2v) is 6.69. The molecule has 3 heteroatoms. The number of nitrogens with one attached hydrogen (secondary N) is 1. The van der Waals surface area contributed by atoms with Crippen LogP contribution in [0.5, 0.6) is 5.75 Å². The smallest absolute Gasteiger partial charge is 0.118 e. The largest absolute Gasteiger partial charge is 0.497 e. The summed E-state index contributed by atoms with van der Waals surface area (Å²) in [6.45, 7) is 4.76. The van der Waals surface area contributed by atoms with E-state index in [1.54, 1.807) is 7.11 Å². The van der Waals surface area contributed by atoms with Crippen LogP contribution in [-0.4, -0.2) is 13.2 Å². The Morgan fingerprint density at radius 3 is 2.48 bits per heavy atom. The molecule has 118 valence electrons. The molecule has 0 saturated heterocycles. The molecule has 1 fully saturated rings. The molecule has 0 heterocycles. The van der Waals surface area contributed by atoms with Gasteiger partial charge in [0.05, 0.1) is 7.11 Å². The number of nitrogens with two attached hydrogens (primary N) is 1. The number of hydrogen-bond acceptors (Lipinski definition) is 3. The van der Waals surface area contributed by atoms with Crippen molar-refractivity contribution >= 4 is 0 Å². The fourth-order valence-corrected chi connectivity index (χ4v) is 3.52. The van der Waals surface area contributed by atoms with Crippen LogP contribution in [0.1, 0.15) is 45.1 Å². The van der Waals surface area contributed by atoms with Crippen molar-refractivity contribution in [1.82, 2.24) is 5.43 Å². The van der Waals surface area contributed by atoms with Crippen molar-refractivity contribution in [2.75, 3.05) is 7.11 Å². The molecule has 21 heavy (non-hydrogen) atoms. The van der Waals surface area contributed by atoms with Crippen LogP contribution in [0.3, 0.4) is 0 Å². The van der Waals surface area contributed by atoms with E-state index in [0.717, 1.165) is 36.3 Å². The minimum absolute atomic E-state index is 0.432. The molecule has 3 N–H and O–H groups in total. The van der Waals surface area contributed by atoms with E-state index in [4.69, 9.17) is 10.6 Å². The highest BCUT2D eigenvalue weighted by molar-refractivity contribution is 5.27. The second-order valence-electron chi connectivity index (χ2n) is 6.69. The average Bonchev–Trinajstić information content (AvgIpc) is 2.52. The van der Waals surface area contributed by atoms with Gasteiger partial charge in [-0.15, -0.1) is 0 Å². The molecule has 1 saturated carbocycles. The van der Waals surface area contributed by atoms with Crippen molar-refractivity contribution in [2.24, 2.45) is 23.6 Å². The molecule has 0 radical (unpaired) electrons. The molecule has 1 aliphatic rings. The van der Waals surface area contributed by atoms with Crippen LogP contribution in [0.4, 0.5) is 0 Å². The number of methoxy groups -OCH3 is 1. The average molecular weight is 290 g/mol. The first kappa shape index (κ1) is 16.3. The van der Waals surface area contributed by atoms with Crippen molar-refractivity contribution in [3.8, 4) is 5.75 Å². The molecule has 4 atom stereocenters. The van der Waals surface area contributed by atoms with Crippen LogP contribution in [0.15, 0.2) is 24.3 Å². The molecule has 2 rings (SSSR count).